The molecule has 0 radical (unpaired) electrons. The first-order valence-corrected chi connectivity index (χ1v) is 11.2. The molecule has 1 aliphatic carbocycles. The van der Waals surface area contributed by atoms with E-state index in [9.17, 15) is 23.2 Å². The molecule has 1 aliphatic rings. The van der Waals surface area contributed by atoms with Gasteiger partial charge in [0.1, 0.15) is 0 Å². The van der Waals surface area contributed by atoms with Crippen molar-refractivity contribution in [2.45, 2.75) is 25.7 Å². The molecule has 176 valence electrons. The van der Waals surface area contributed by atoms with Crippen LogP contribution in [-0.4, -0.2) is 24.3 Å². The van der Waals surface area contributed by atoms with Gasteiger partial charge in [-0.05, 0) is 60.6 Å². The van der Waals surface area contributed by atoms with Gasteiger partial charge in [-0.25, -0.2) is 8.78 Å². The molecule has 3 amide bonds. The van der Waals surface area contributed by atoms with E-state index in [0.29, 0.717) is 37.8 Å². The van der Waals surface area contributed by atoms with Crippen molar-refractivity contribution in [3.05, 3.63) is 83.4 Å². The summed E-state index contributed by atoms with van der Waals surface area (Å²) in [6.45, 7) is 0.320. The fourth-order valence-electron chi connectivity index (χ4n) is 4.35. The Hall–Kier alpha value is -3.81. The Morgan fingerprint density at radius 2 is 1.44 bits per heavy atom. The highest BCUT2D eigenvalue weighted by atomic mass is 19.2. The topological polar surface area (TPSA) is 87.3 Å². The van der Waals surface area contributed by atoms with Crippen molar-refractivity contribution in [2.75, 3.05) is 6.54 Å². The summed E-state index contributed by atoms with van der Waals surface area (Å²) >= 11 is 0. The first-order chi connectivity index (χ1) is 16.4. The summed E-state index contributed by atoms with van der Waals surface area (Å²) in [4.78, 5) is 37.3. The third-order valence-corrected chi connectivity index (χ3v) is 6.30. The normalized spacial score (nSPS) is 17.7. The fraction of sp³-hybridized carbons (Fsp3) is 0.269. The van der Waals surface area contributed by atoms with Crippen LogP contribution in [0.25, 0.3) is 10.8 Å². The lowest BCUT2D eigenvalue weighted by Gasteiger charge is -2.28. The van der Waals surface area contributed by atoms with Gasteiger partial charge in [0.05, 0.1) is 5.56 Å². The quantitative estimate of drug-likeness (QED) is 0.496. The number of hydrogen-bond donors (Lipinski definition) is 3. The van der Waals surface area contributed by atoms with E-state index in [1.165, 1.54) is 12.1 Å². The Kier molecular flexibility index (Phi) is 7.15. The van der Waals surface area contributed by atoms with Crippen LogP contribution in [0, 0.1) is 23.5 Å². The van der Waals surface area contributed by atoms with Gasteiger partial charge in [-0.1, -0.05) is 42.5 Å². The molecular weight excluding hydrogens is 440 g/mol. The second-order valence-electron chi connectivity index (χ2n) is 8.50. The van der Waals surface area contributed by atoms with Crippen molar-refractivity contribution in [1.82, 2.24) is 16.2 Å². The zero-order valence-corrected chi connectivity index (χ0v) is 18.4. The minimum atomic E-state index is -1.16. The highest BCUT2D eigenvalue weighted by Gasteiger charge is 2.27. The number of hydrogen-bond acceptors (Lipinski definition) is 3. The van der Waals surface area contributed by atoms with E-state index in [1.807, 2.05) is 30.3 Å². The van der Waals surface area contributed by atoms with E-state index in [1.54, 1.807) is 12.1 Å². The Morgan fingerprint density at radius 3 is 2.24 bits per heavy atom. The van der Waals surface area contributed by atoms with Gasteiger partial charge in [-0.3, -0.25) is 25.2 Å². The summed E-state index contributed by atoms with van der Waals surface area (Å²) in [5.74, 6) is -3.63. The predicted molar refractivity (Wildman–Crippen MR) is 124 cm³/mol. The molecule has 0 atom stereocenters. The number of amides is 3. The second kappa shape index (κ2) is 10.4. The third kappa shape index (κ3) is 5.22. The van der Waals surface area contributed by atoms with E-state index in [4.69, 9.17) is 0 Å². The van der Waals surface area contributed by atoms with Crippen molar-refractivity contribution >= 4 is 28.5 Å². The largest absolute Gasteiger partial charge is 0.352 e. The molecule has 3 aromatic rings. The van der Waals surface area contributed by atoms with Gasteiger partial charge in [0.2, 0.25) is 5.91 Å². The molecule has 1 saturated carbocycles. The maximum Gasteiger partial charge on any atom is 0.270 e. The Bertz CT molecular complexity index is 1220. The van der Waals surface area contributed by atoms with Crippen LogP contribution in [0.15, 0.2) is 60.7 Å². The van der Waals surface area contributed by atoms with Gasteiger partial charge in [0.25, 0.3) is 11.8 Å². The number of fused-ring (bicyclic) bond motifs is 1. The van der Waals surface area contributed by atoms with Gasteiger partial charge >= 0.3 is 0 Å². The molecule has 1 fully saturated rings. The minimum Gasteiger partial charge on any atom is -0.352 e. The number of carbonyl (C=O) groups excluding carboxylic acids is 3. The molecule has 0 unspecified atom stereocenters. The molecule has 0 heterocycles. The van der Waals surface area contributed by atoms with Crippen LogP contribution in [0.4, 0.5) is 8.78 Å². The number of nitrogens with one attached hydrogen (secondary N) is 3. The van der Waals surface area contributed by atoms with Crippen LogP contribution in [0.3, 0.4) is 0 Å². The molecular formula is C26H25F2N3O3. The average Bonchev–Trinajstić information content (AvgIpc) is 2.87. The number of halogens is 2. The first-order valence-electron chi connectivity index (χ1n) is 11.2. The van der Waals surface area contributed by atoms with Crippen molar-refractivity contribution in [3.8, 4) is 0 Å². The molecule has 3 N–H and O–H groups in total. The number of carbonyl (C=O) groups is 3. The molecule has 0 aromatic heterocycles. The number of rotatable bonds is 5. The molecule has 0 saturated heterocycles. The summed E-state index contributed by atoms with van der Waals surface area (Å²) in [5, 5.41) is 4.39. The van der Waals surface area contributed by atoms with Crippen molar-refractivity contribution in [3.63, 3.8) is 0 Å². The van der Waals surface area contributed by atoms with Crippen LogP contribution < -0.4 is 16.2 Å². The van der Waals surface area contributed by atoms with Crippen molar-refractivity contribution < 1.29 is 23.2 Å². The van der Waals surface area contributed by atoms with Crippen LogP contribution in [0.2, 0.25) is 0 Å². The zero-order valence-electron chi connectivity index (χ0n) is 18.4. The molecule has 4 rings (SSSR count). The first kappa shape index (κ1) is 23.4. The van der Waals surface area contributed by atoms with E-state index in [0.717, 1.165) is 16.8 Å². The average molecular weight is 466 g/mol. The molecule has 34 heavy (non-hydrogen) atoms. The second-order valence-corrected chi connectivity index (χ2v) is 8.50. The highest BCUT2D eigenvalue weighted by Crippen LogP contribution is 2.28. The Balaban J connectivity index is 1.23. The SMILES string of the molecule is O=C(NCC1CCC(C(=O)NNC(=O)c2cccc3ccccc23)CC1)c1cccc(F)c1F. The molecule has 8 heteroatoms. The lowest BCUT2D eigenvalue weighted by Crippen LogP contribution is -2.45. The maximum atomic E-state index is 13.8. The standard InChI is InChI=1S/C26H25F2N3O3/c27-22-10-4-9-21(23(22)28)25(33)29-15-16-11-13-18(14-12-16)24(32)30-31-26(34)20-8-3-6-17-5-1-2-7-19(17)20/h1-10,16,18H,11-15H2,(H,29,33)(H,30,32)(H,31,34). The molecule has 0 spiro atoms. The van der Waals surface area contributed by atoms with Gasteiger partial charge in [0, 0.05) is 18.0 Å². The van der Waals surface area contributed by atoms with Crippen molar-refractivity contribution in [1.29, 1.82) is 0 Å². The summed E-state index contributed by atoms with van der Waals surface area (Å²) in [6, 6.07) is 16.4. The lowest BCUT2D eigenvalue weighted by molar-refractivity contribution is -0.127. The van der Waals surface area contributed by atoms with E-state index in [-0.39, 0.29) is 29.2 Å². The molecule has 0 bridgehead atoms. The minimum absolute atomic E-state index is 0.134. The highest BCUT2D eigenvalue weighted by molar-refractivity contribution is 6.07. The predicted octanol–water partition coefficient (Wildman–Crippen LogP) is 4.12. The smallest absolute Gasteiger partial charge is 0.270 e. The van der Waals surface area contributed by atoms with Crippen LogP contribution >= 0.6 is 0 Å². The van der Waals surface area contributed by atoms with Crippen LogP contribution in [0.1, 0.15) is 46.4 Å². The van der Waals surface area contributed by atoms with Crippen LogP contribution in [0.5, 0.6) is 0 Å². The Labute approximate surface area is 195 Å². The van der Waals surface area contributed by atoms with E-state index in [2.05, 4.69) is 16.2 Å². The van der Waals surface area contributed by atoms with Gasteiger partial charge in [0.15, 0.2) is 11.6 Å². The maximum absolute atomic E-state index is 13.8. The van der Waals surface area contributed by atoms with Gasteiger partial charge in [-0.15, -0.1) is 0 Å². The van der Waals surface area contributed by atoms with Gasteiger partial charge in [-0.2, -0.15) is 0 Å². The summed E-state index contributed by atoms with van der Waals surface area (Å²) < 4.78 is 27.1. The summed E-state index contributed by atoms with van der Waals surface area (Å²) in [6.07, 6.45) is 2.60. The van der Waals surface area contributed by atoms with Crippen molar-refractivity contribution in [2.24, 2.45) is 11.8 Å². The molecule has 0 aliphatic heterocycles. The third-order valence-electron chi connectivity index (χ3n) is 6.30. The zero-order chi connectivity index (χ0) is 24.1. The van der Waals surface area contributed by atoms with Gasteiger partial charge < -0.3 is 5.32 Å². The van der Waals surface area contributed by atoms with E-state index < -0.39 is 17.5 Å². The molecule has 3 aromatic carbocycles. The molecule has 6 nitrogen and oxygen atoms in total. The summed E-state index contributed by atoms with van der Waals surface area (Å²) in [7, 11) is 0. The van der Waals surface area contributed by atoms with Crippen LogP contribution in [-0.2, 0) is 4.79 Å². The Morgan fingerprint density at radius 1 is 0.765 bits per heavy atom. The fourth-order valence-corrected chi connectivity index (χ4v) is 4.35. The lowest BCUT2D eigenvalue weighted by atomic mass is 9.81. The monoisotopic (exact) mass is 465 g/mol. The number of hydrazine groups is 1. The van der Waals surface area contributed by atoms with E-state index >= 15 is 0 Å². The summed E-state index contributed by atoms with van der Waals surface area (Å²) in [5.41, 5.74) is 5.19. The number of benzene rings is 3.